The highest BCUT2D eigenvalue weighted by Crippen LogP contribution is 2.28. The Hall–Kier alpha value is -0.570. The van der Waals surface area contributed by atoms with E-state index < -0.39 is 0 Å². The van der Waals surface area contributed by atoms with Gasteiger partial charge >= 0.3 is 0 Å². The number of carbonyl (C=O) groups excluding carboxylic acids is 1. The van der Waals surface area contributed by atoms with Crippen LogP contribution in [0.4, 0.5) is 0 Å². The molecular formula is C12H22N2O. The Morgan fingerprint density at radius 3 is 2.60 bits per heavy atom. The van der Waals surface area contributed by atoms with E-state index in [1.54, 1.807) is 0 Å². The van der Waals surface area contributed by atoms with Crippen molar-refractivity contribution in [1.82, 2.24) is 10.2 Å². The van der Waals surface area contributed by atoms with Crippen molar-refractivity contribution < 1.29 is 4.79 Å². The summed E-state index contributed by atoms with van der Waals surface area (Å²) >= 11 is 0. The molecular weight excluding hydrogens is 188 g/mol. The summed E-state index contributed by atoms with van der Waals surface area (Å²) in [5, 5.41) is 3.36. The molecule has 0 radical (unpaired) electrons. The van der Waals surface area contributed by atoms with Crippen LogP contribution in [-0.4, -0.2) is 29.1 Å². The maximum atomic E-state index is 12.2. The van der Waals surface area contributed by atoms with Gasteiger partial charge in [-0.05, 0) is 26.2 Å². The lowest BCUT2D eigenvalue weighted by molar-refractivity contribution is -0.134. The van der Waals surface area contributed by atoms with Crippen molar-refractivity contribution in [2.75, 3.05) is 6.67 Å². The molecule has 0 spiro atoms. The van der Waals surface area contributed by atoms with Gasteiger partial charge in [-0.2, -0.15) is 0 Å². The average Bonchev–Trinajstić information content (AvgIpc) is 2.58. The number of carbonyl (C=O) groups is 1. The zero-order chi connectivity index (χ0) is 10.9. The van der Waals surface area contributed by atoms with Crippen LogP contribution >= 0.6 is 0 Å². The van der Waals surface area contributed by atoms with E-state index in [1.165, 1.54) is 32.1 Å². The van der Waals surface area contributed by atoms with Crippen LogP contribution in [0.15, 0.2) is 0 Å². The average molecular weight is 210 g/mol. The van der Waals surface area contributed by atoms with Gasteiger partial charge in [0, 0.05) is 6.04 Å². The smallest absolute Gasteiger partial charge is 0.243 e. The zero-order valence-electron chi connectivity index (χ0n) is 9.88. The van der Waals surface area contributed by atoms with Gasteiger partial charge < -0.3 is 4.90 Å². The molecule has 0 aromatic rings. The molecule has 1 aliphatic carbocycles. The Morgan fingerprint density at radius 2 is 2.07 bits per heavy atom. The minimum atomic E-state index is -0.294. The molecule has 1 unspecified atom stereocenters. The predicted molar refractivity (Wildman–Crippen MR) is 60.4 cm³/mol. The molecule has 0 bridgehead atoms. The molecule has 1 saturated carbocycles. The van der Waals surface area contributed by atoms with E-state index in [9.17, 15) is 4.79 Å². The third-order valence-electron chi connectivity index (χ3n) is 4.10. The summed E-state index contributed by atoms with van der Waals surface area (Å²) in [6.07, 6.45) is 7.21. The highest BCUT2D eigenvalue weighted by Gasteiger charge is 2.43. The molecule has 2 rings (SSSR count). The summed E-state index contributed by atoms with van der Waals surface area (Å²) in [6.45, 7) is 4.86. The van der Waals surface area contributed by atoms with Crippen molar-refractivity contribution in [2.24, 2.45) is 0 Å². The lowest BCUT2D eigenvalue weighted by atomic mass is 9.93. The van der Waals surface area contributed by atoms with Gasteiger partial charge in [0.25, 0.3) is 0 Å². The third-order valence-corrected chi connectivity index (χ3v) is 4.10. The topological polar surface area (TPSA) is 32.3 Å². The van der Waals surface area contributed by atoms with Crippen LogP contribution in [0.2, 0.25) is 0 Å². The molecule has 1 N–H and O–H groups in total. The van der Waals surface area contributed by atoms with Crippen molar-refractivity contribution >= 4 is 5.91 Å². The first-order valence-corrected chi connectivity index (χ1v) is 6.23. The fourth-order valence-electron chi connectivity index (χ4n) is 2.69. The molecule has 1 amide bonds. The summed E-state index contributed by atoms with van der Waals surface area (Å²) in [6, 6.07) is 0.507. The summed E-state index contributed by atoms with van der Waals surface area (Å²) in [4.78, 5) is 14.3. The SMILES string of the molecule is CCC1(C)NCN(C2CCCCC2)C1=O. The number of rotatable bonds is 2. The highest BCUT2D eigenvalue weighted by molar-refractivity contribution is 5.88. The van der Waals surface area contributed by atoms with Crippen LogP contribution in [0.5, 0.6) is 0 Å². The van der Waals surface area contributed by atoms with Crippen LogP contribution in [0, 0.1) is 0 Å². The van der Waals surface area contributed by atoms with E-state index in [2.05, 4.69) is 17.1 Å². The van der Waals surface area contributed by atoms with Gasteiger partial charge in [-0.25, -0.2) is 0 Å². The number of hydrogen-bond acceptors (Lipinski definition) is 2. The molecule has 2 aliphatic rings. The van der Waals surface area contributed by atoms with Crippen molar-refractivity contribution in [3.63, 3.8) is 0 Å². The Morgan fingerprint density at radius 1 is 1.40 bits per heavy atom. The van der Waals surface area contributed by atoms with E-state index in [4.69, 9.17) is 0 Å². The molecule has 3 nitrogen and oxygen atoms in total. The fraction of sp³-hybridized carbons (Fsp3) is 0.917. The lowest BCUT2D eigenvalue weighted by Gasteiger charge is -2.31. The largest absolute Gasteiger partial charge is 0.325 e. The standard InChI is InChI=1S/C12H22N2O/c1-3-12(2)11(15)14(9-13-12)10-7-5-4-6-8-10/h10,13H,3-9H2,1-2H3. The van der Waals surface area contributed by atoms with Crippen LogP contribution in [0.1, 0.15) is 52.4 Å². The van der Waals surface area contributed by atoms with Gasteiger partial charge in [0.1, 0.15) is 0 Å². The molecule has 1 heterocycles. The van der Waals surface area contributed by atoms with Gasteiger partial charge in [0.05, 0.1) is 12.2 Å². The Labute approximate surface area is 92.2 Å². The fourth-order valence-corrected chi connectivity index (χ4v) is 2.69. The second-order valence-electron chi connectivity index (χ2n) is 5.09. The van der Waals surface area contributed by atoms with Gasteiger partial charge in [-0.3, -0.25) is 10.1 Å². The van der Waals surface area contributed by atoms with Gasteiger partial charge in [0.15, 0.2) is 0 Å². The van der Waals surface area contributed by atoms with Gasteiger partial charge in [0.2, 0.25) is 5.91 Å². The van der Waals surface area contributed by atoms with E-state index >= 15 is 0 Å². The molecule has 86 valence electrons. The third kappa shape index (κ3) is 1.89. The molecule has 0 aromatic carbocycles. The number of nitrogens with one attached hydrogen (secondary N) is 1. The summed E-state index contributed by atoms with van der Waals surface area (Å²) < 4.78 is 0. The first kappa shape index (κ1) is 10.9. The molecule has 1 saturated heterocycles. The summed E-state index contributed by atoms with van der Waals surface area (Å²) in [7, 11) is 0. The first-order chi connectivity index (χ1) is 7.17. The Balaban J connectivity index is 2.02. The Kier molecular flexibility index (Phi) is 3.01. The number of amides is 1. The molecule has 3 heteroatoms. The van der Waals surface area contributed by atoms with Crippen LogP contribution in [0.25, 0.3) is 0 Å². The maximum absolute atomic E-state index is 12.2. The minimum absolute atomic E-state index is 0.294. The second-order valence-corrected chi connectivity index (χ2v) is 5.09. The quantitative estimate of drug-likeness (QED) is 0.754. The molecule has 1 aliphatic heterocycles. The molecule has 1 atom stereocenters. The molecule has 2 fully saturated rings. The van der Waals surface area contributed by atoms with Crippen LogP contribution in [0.3, 0.4) is 0 Å². The normalized spacial score (nSPS) is 33.7. The first-order valence-electron chi connectivity index (χ1n) is 6.23. The van der Waals surface area contributed by atoms with E-state index in [-0.39, 0.29) is 5.54 Å². The number of nitrogens with zero attached hydrogens (tertiary/aromatic N) is 1. The van der Waals surface area contributed by atoms with Gasteiger partial charge in [-0.15, -0.1) is 0 Å². The zero-order valence-corrected chi connectivity index (χ0v) is 9.88. The van der Waals surface area contributed by atoms with Crippen LogP contribution in [-0.2, 0) is 4.79 Å². The number of hydrogen-bond donors (Lipinski definition) is 1. The monoisotopic (exact) mass is 210 g/mol. The van der Waals surface area contributed by atoms with Crippen molar-refractivity contribution in [3.8, 4) is 0 Å². The minimum Gasteiger partial charge on any atom is -0.325 e. The predicted octanol–water partition coefficient (Wildman–Crippen LogP) is 1.88. The van der Waals surface area contributed by atoms with E-state index in [0.717, 1.165) is 13.1 Å². The van der Waals surface area contributed by atoms with Crippen molar-refractivity contribution in [2.45, 2.75) is 64.0 Å². The second kappa shape index (κ2) is 4.12. The summed E-state index contributed by atoms with van der Waals surface area (Å²) in [5.41, 5.74) is -0.294. The lowest BCUT2D eigenvalue weighted by Crippen LogP contribution is -2.45. The molecule has 0 aromatic heterocycles. The Bertz CT molecular complexity index is 248. The van der Waals surface area contributed by atoms with Crippen molar-refractivity contribution in [1.29, 1.82) is 0 Å². The maximum Gasteiger partial charge on any atom is 0.243 e. The highest BCUT2D eigenvalue weighted by atomic mass is 16.2. The molecule has 15 heavy (non-hydrogen) atoms. The van der Waals surface area contributed by atoms with E-state index in [1.807, 2.05) is 6.92 Å². The summed E-state index contributed by atoms with van der Waals surface area (Å²) in [5.74, 6) is 0.317. The van der Waals surface area contributed by atoms with Crippen LogP contribution < -0.4 is 5.32 Å². The van der Waals surface area contributed by atoms with Crippen molar-refractivity contribution in [3.05, 3.63) is 0 Å². The van der Waals surface area contributed by atoms with Gasteiger partial charge in [-0.1, -0.05) is 26.2 Å². The van der Waals surface area contributed by atoms with E-state index in [0.29, 0.717) is 11.9 Å².